The summed E-state index contributed by atoms with van der Waals surface area (Å²) < 4.78 is 31.5. The van der Waals surface area contributed by atoms with Crippen molar-refractivity contribution in [3.8, 4) is 0 Å². The maximum Gasteiger partial charge on any atom is 0.126 e. The minimum Gasteiger partial charge on any atom is -0.378 e. The fourth-order valence-corrected chi connectivity index (χ4v) is 2.14. The lowest BCUT2D eigenvalue weighted by Gasteiger charge is -2.18. The lowest BCUT2D eigenvalue weighted by molar-refractivity contribution is 0.118. The third kappa shape index (κ3) is 2.39. The van der Waals surface area contributed by atoms with Gasteiger partial charge in [-0.3, -0.25) is 0 Å². The summed E-state index contributed by atoms with van der Waals surface area (Å²) in [6, 6.07) is 3.06. The molecule has 0 aliphatic carbocycles. The van der Waals surface area contributed by atoms with Crippen molar-refractivity contribution in [3.05, 3.63) is 35.4 Å². The SMILES string of the molecule is CC1CC(C(N)c2cc(F)cc(F)c2)CO1. The monoisotopic (exact) mass is 227 g/mol. The summed E-state index contributed by atoms with van der Waals surface area (Å²) in [5, 5.41) is 0. The van der Waals surface area contributed by atoms with Gasteiger partial charge in [0.1, 0.15) is 11.6 Å². The van der Waals surface area contributed by atoms with E-state index in [1.165, 1.54) is 12.1 Å². The molecule has 2 nitrogen and oxygen atoms in total. The van der Waals surface area contributed by atoms with Gasteiger partial charge in [-0.25, -0.2) is 8.78 Å². The van der Waals surface area contributed by atoms with Gasteiger partial charge in [0.05, 0.1) is 12.7 Å². The zero-order valence-electron chi connectivity index (χ0n) is 9.12. The first-order valence-corrected chi connectivity index (χ1v) is 5.39. The van der Waals surface area contributed by atoms with E-state index in [0.29, 0.717) is 12.2 Å². The summed E-state index contributed by atoms with van der Waals surface area (Å²) in [4.78, 5) is 0. The van der Waals surface area contributed by atoms with Gasteiger partial charge in [0.25, 0.3) is 0 Å². The highest BCUT2D eigenvalue weighted by atomic mass is 19.1. The molecular weight excluding hydrogens is 212 g/mol. The van der Waals surface area contributed by atoms with E-state index in [9.17, 15) is 8.78 Å². The van der Waals surface area contributed by atoms with E-state index in [2.05, 4.69) is 0 Å². The van der Waals surface area contributed by atoms with Crippen molar-refractivity contribution in [2.24, 2.45) is 11.7 Å². The largest absolute Gasteiger partial charge is 0.378 e. The van der Waals surface area contributed by atoms with Crippen molar-refractivity contribution in [1.82, 2.24) is 0 Å². The smallest absolute Gasteiger partial charge is 0.126 e. The van der Waals surface area contributed by atoms with Crippen molar-refractivity contribution in [3.63, 3.8) is 0 Å². The van der Waals surface area contributed by atoms with Gasteiger partial charge in [0, 0.05) is 18.0 Å². The lowest BCUT2D eigenvalue weighted by Crippen LogP contribution is -2.22. The fourth-order valence-electron chi connectivity index (χ4n) is 2.14. The molecule has 2 N–H and O–H groups in total. The third-order valence-electron chi connectivity index (χ3n) is 3.01. The molecule has 0 aromatic heterocycles. The molecule has 1 aliphatic rings. The Morgan fingerprint density at radius 3 is 2.44 bits per heavy atom. The minimum atomic E-state index is -0.586. The van der Waals surface area contributed by atoms with Crippen LogP contribution in [0.25, 0.3) is 0 Å². The van der Waals surface area contributed by atoms with Crippen molar-refractivity contribution in [2.45, 2.75) is 25.5 Å². The molecule has 1 aromatic carbocycles. The van der Waals surface area contributed by atoms with Crippen LogP contribution in [0.2, 0.25) is 0 Å². The van der Waals surface area contributed by atoms with Gasteiger partial charge in [-0.1, -0.05) is 0 Å². The van der Waals surface area contributed by atoms with Crippen LogP contribution in [0.5, 0.6) is 0 Å². The molecule has 1 heterocycles. The van der Waals surface area contributed by atoms with Crippen LogP contribution >= 0.6 is 0 Å². The molecule has 0 amide bonds. The third-order valence-corrected chi connectivity index (χ3v) is 3.01. The standard InChI is InChI=1S/C12H15F2NO/c1-7-2-9(6-16-7)12(15)8-3-10(13)5-11(14)4-8/h3-5,7,9,12H,2,6,15H2,1H3. The average Bonchev–Trinajstić information content (AvgIpc) is 2.62. The number of rotatable bonds is 2. The van der Waals surface area contributed by atoms with Gasteiger partial charge in [-0.05, 0) is 31.0 Å². The van der Waals surface area contributed by atoms with Crippen LogP contribution in [0.1, 0.15) is 24.9 Å². The average molecular weight is 227 g/mol. The predicted octanol–water partition coefficient (Wildman–Crippen LogP) is 2.39. The van der Waals surface area contributed by atoms with E-state index in [0.717, 1.165) is 12.5 Å². The van der Waals surface area contributed by atoms with Gasteiger partial charge in [0.15, 0.2) is 0 Å². The molecule has 1 saturated heterocycles. The van der Waals surface area contributed by atoms with E-state index in [1.54, 1.807) is 0 Å². The summed E-state index contributed by atoms with van der Waals surface area (Å²) >= 11 is 0. The number of benzene rings is 1. The molecule has 0 bridgehead atoms. The number of hydrogen-bond donors (Lipinski definition) is 1. The molecule has 3 unspecified atom stereocenters. The fraction of sp³-hybridized carbons (Fsp3) is 0.500. The van der Waals surface area contributed by atoms with E-state index >= 15 is 0 Å². The second-order valence-corrected chi connectivity index (χ2v) is 4.37. The summed E-state index contributed by atoms with van der Waals surface area (Å²) in [6.07, 6.45) is 1.01. The number of halogens is 2. The Labute approximate surface area is 93.4 Å². The van der Waals surface area contributed by atoms with E-state index in [4.69, 9.17) is 10.5 Å². The predicted molar refractivity (Wildman–Crippen MR) is 56.8 cm³/mol. The van der Waals surface area contributed by atoms with E-state index in [1.807, 2.05) is 6.92 Å². The molecule has 16 heavy (non-hydrogen) atoms. The van der Waals surface area contributed by atoms with Crippen molar-refractivity contribution in [2.75, 3.05) is 6.61 Å². The molecule has 1 aromatic rings. The Bertz CT molecular complexity index is 363. The maximum atomic E-state index is 13.0. The van der Waals surface area contributed by atoms with Crippen LogP contribution in [0.15, 0.2) is 18.2 Å². The van der Waals surface area contributed by atoms with Gasteiger partial charge < -0.3 is 10.5 Å². The summed E-state index contributed by atoms with van der Waals surface area (Å²) in [5.41, 5.74) is 6.49. The maximum absolute atomic E-state index is 13.0. The molecular formula is C12H15F2NO. The van der Waals surface area contributed by atoms with Crippen LogP contribution in [0, 0.1) is 17.6 Å². The van der Waals surface area contributed by atoms with Crippen LogP contribution < -0.4 is 5.73 Å². The summed E-state index contributed by atoms with van der Waals surface area (Å²) in [5.74, 6) is -1.04. The highest BCUT2D eigenvalue weighted by Gasteiger charge is 2.28. The Hall–Kier alpha value is -1.00. The molecule has 0 spiro atoms. The zero-order valence-corrected chi connectivity index (χ0v) is 9.12. The Kier molecular flexibility index (Phi) is 3.21. The van der Waals surface area contributed by atoms with Crippen LogP contribution in [-0.4, -0.2) is 12.7 Å². The molecule has 4 heteroatoms. The number of ether oxygens (including phenoxy) is 1. The quantitative estimate of drug-likeness (QED) is 0.842. The van der Waals surface area contributed by atoms with Gasteiger partial charge in [-0.2, -0.15) is 0 Å². The molecule has 2 rings (SSSR count). The first-order chi connectivity index (χ1) is 7.56. The minimum absolute atomic E-state index is 0.135. The van der Waals surface area contributed by atoms with Crippen molar-refractivity contribution >= 4 is 0 Å². The molecule has 0 saturated carbocycles. The molecule has 1 aliphatic heterocycles. The van der Waals surface area contributed by atoms with Crippen molar-refractivity contribution < 1.29 is 13.5 Å². The van der Waals surface area contributed by atoms with E-state index < -0.39 is 11.6 Å². The number of nitrogens with two attached hydrogens (primary N) is 1. The highest BCUT2D eigenvalue weighted by molar-refractivity contribution is 5.22. The summed E-state index contributed by atoms with van der Waals surface area (Å²) in [6.45, 7) is 2.53. The normalized spacial score (nSPS) is 27.0. The topological polar surface area (TPSA) is 35.2 Å². The molecule has 1 fully saturated rings. The Morgan fingerprint density at radius 1 is 1.31 bits per heavy atom. The van der Waals surface area contributed by atoms with Crippen LogP contribution in [-0.2, 0) is 4.74 Å². The molecule has 3 atom stereocenters. The second-order valence-electron chi connectivity index (χ2n) is 4.37. The Morgan fingerprint density at radius 2 is 1.94 bits per heavy atom. The first-order valence-electron chi connectivity index (χ1n) is 5.39. The van der Waals surface area contributed by atoms with Crippen LogP contribution in [0.4, 0.5) is 8.78 Å². The lowest BCUT2D eigenvalue weighted by atomic mass is 9.92. The summed E-state index contributed by atoms with van der Waals surface area (Å²) in [7, 11) is 0. The molecule has 0 radical (unpaired) electrons. The van der Waals surface area contributed by atoms with Crippen LogP contribution in [0.3, 0.4) is 0 Å². The highest BCUT2D eigenvalue weighted by Crippen LogP contribution is 2.30. The molecule has 88 valence electrons. The van der Waals surface area contributed by atoms with E-state index in [-0.39, 0.29) is 18.1 Å². The van der Waals surface area contributed by atoms with Gasteiger partial charge >= 0.3 is 0 Å². The first kappa shape index (κ1) is 11.5. The van der Waals surface area contributed by atoms with Crippen molar-refractivity contribution in [1.29, 1.82) is 0 Å². The second kappa shape index (κ2) is 4.47. The Balaban J connectivity index is 2.17. The van der Waals surface area contributed by atoms with Gasteiger partial charge in [-0.15, -0.1) is 0 Å². The zero-order chi connectivity index (χ0) is 11.7. The number of hydrogen-bond acceptors (Lipinski definition) is 2. The van der Waals surface area contributed by atoms with Gasteiger partial charge in [0.2, 0.25) is 0 Å².